The largest absolute Gasteiger partial charge is 0.493 e. The molecule has 1 aliphatic rings. The third-order valence-electron chi connectivity index (χ3n) is 6.57. The minimum atomic E-state index is -0.805. The predicted octanol–water partition coefficient (Wildman–Crippen LogP) is 3.40. The van der Waals surface area contributed by atoms with Gasteiger partial charge in [0, 0.05) is 29.4 Å². The van der Waals surface area contributed by atoms with Crippen molar-refractivity contribution in [1.82, 2.24) is 15.1 Å². The van der Waals surface area contributed by atoms with Gasteiger partial charge in [0.2, 0.25) is 17.7 Å². The smallest absolute Gasteiger partial charge is 0.246 e. The fourth-order valence-electron chi connectivity index (χ4n) is 4.53. The van der Waals surface area contributed by atoms with Gasteiger partial charge in [0.1, 0.15) is 6.04 Å². The van der Waals surface area contributed by atoms with E-state index in [4.69, 9.17) is 9.47 Å². The molecule has 8 nitrogen and oxygen atoms in total. The van der Waals surface area contributed by atoms with Crippen LogP contribution < -0.4 is 14.8 Å². The maximum Gasteiger partial charge on any atom is 0.246 e. The molecular formula is C28H33N3O5S2. The molecular weight excluding hydrogens is 522 g/mol. The number of rotatable bonds is 13. The topological polar surface area (TPSA) is 88.2 Å². The molecule has 38 heavy (non-hydrogen) atoms. The number of carbonyl (C=O) groups is 3. The molecule has 3 amide bonds. The molecule has 202 valence electrons. The van der Waals surface area contributed by atoms with E-state index in [1.165, 1.54) is 0 Å². The standard InChI is InChI=1S/C28H33N3O5S2/c1-35-24-8-7-20(17-25(24)36-2)9-12-29-26(32)18-23-28(34)30(13-10-21-5-3-15-37-21)19-27(33)31(23)14-11-22-6-4-16-38-22/h3-8,15-17,23H,9-14,18-19H2,1-2H3,(H,29,32). The van der Waals surface area contributed by atoms with Gasteiger partial charge in [-0.3, -0.25) is 14.4 Å². The Bertz CT molecular complexity index is 1210. The highest BCUT2D eigenvalue weighted by Crippen LogP contribution is 2.27. The summed E-state index contributed by atoms with van der Waals surface area (Å²) in [4.78, 5) is 45.1. The number of hydrogen-bond acceptors (Lipinski definition) is 7. The van der Waals surface area contributed by atoms with Crippen molar-refractivity contribution in [3.05, 3.63) is 68.5 Å². The van der Waals surface area contributed by atoms with E-state index in [0.717, 1.165) is 15.3 Å². The summed E-state index contributed by atoms with van der Waals surface area (Å²) < 4.78 is 10.6. The van der Waals surface area contributed by atoms with Crippen LogP contribution in [-0.2, 0) is 33.6 Å². The van der Waals surface area contributed by atoms with Gasteiger partial charge in [0.15, 0.2) is 11.5 Å². The van der Waals surface area contributed by atoms with E-state index in [2.05, 4.69) is 5.32 Å². The van der Waals surface area contributed by atoms with E-state index in [1.54, 1.807) is 46.7 Å². The number of benzene rings is 1. The Morgan fingerprint density at radius 3 is 2.26 bits per heavy atom. The lowest BCUT2D eigenvalue weighted by atomic mass is 10.0. The van der Waals surface area contributed by atoms with Crippen molar-refractivity contribution < 1.29 is 23.9 Å². The number of nitrogens with one attached hydrogen (secondary N) is 1. The first-order valence-electron chi connectivity index (χ1n) is 12.6. The molecule has 3 heterocycles. The third-order valence-corrected chi connectivity index (χ3v) is 8.44. The quantitative estimate of drug-likeness (QED) is 0.349. The number of amides is 3. The van der Waals surface area contributed by atoms with Crippen LogP contribution in [0, 0.1) is 0 Å². The number of nitrogens with zero attached hydrogens (tertiary/aromatic N) is 2. The van der Waals surface area contributed by atoms with Crippen LogP contribution in [0.4, 0.5) is 0 Å². The van der Waals surface area contributed by atoms with Crippen LogP contribution in [-0.4, -0.2) is 74.0 Å². The highest BCUT2D eigenvalue weighted by atomic mass is 32.1. The lowest BCUT2D eigenvalue weighted by Crippen LogP contribution is -2.61. The molecule has 0 radical (unpaired) electrons. The molecule has 1 aromatic carbocycles. The summed E-state index contributed by atoms with van der Waals surface area (Å²) in [6.45, 7) is 1.32. The summed E-state index contributed by atoms with van der Waals surface area (Å²) >= 11 is 3.25. The number of ether oxygens (including phenoxy) is 2. The Morgan fingerprint density at radius 1 is 0.947 bits per heavy atom. The highest BCUT2D eigenvalue weighted by Gasteiger charge is 2.40. The van der Waals surface area contributed by atoms with E-state index in [-0.39, 0.29) is 30.7 Å². The molecule has 0 bridgehead atoms. The zero-order valence-electron chi connectivity index (χ0n) is 21.7. The first-order chi connectivity index (χ1) is 18.5. The molecule has 1 unspecified atom stereocenters. The van der Waals surface area contributed by atoms with Gasteiger partial charge in [-0.2, -0.15) is 0 Å². The van der Waals surface area contributed by atoms with E-state index >= 15 is 0 Å². The molecule has 1 saturated heterocycles. The number of hydrogen-bond donors (Lipinski definition) is 1. The molecule has 0 saturated carbocycles. The van der Waals surface area contributed by atoms with Crippen LogP contribution in [0.15, 0.2) is 53.2 Å². The maximum atomic E-state index is 13.5. The summed E-state index contributed by atoms with van der Waals surface area (Å²) in [5.41, 5.74) is 0.990. The molecule has 4 rings (SSSR count). The molecule has 1 atom stereocenters. The zero-order chi connectivity index (χ0) is 26.9. The summed E-state index contributed by atoms with van der Waals surface area (Å²) in [5, 5.41) is 6.92. The minimum absolute atomic E-state index is 0.0477. The summed E-state index contributed by atoms with van der Waals surface area (Å²) in [6.07, 6.45) is 1.88. The van der Waals surface area contributed by atoms with Crippen LogP contribution >= 0.6 is 22.7 Å². The van der Waals surface area contributed by atoms with Crippen molar-refractivity contribution in [3.8, 4) is 11.5 Å². The average Bonchev–Trinajstić information content (AvgIpc) is 3.64. The van der Waals surface area contributed by atoms with Crippen LogP contribution in [0.25, 0.3) is 0 Å². The van der Waals surface area contributed by atoms with Gasteiger partial charge in [-0.25, -0.2) is 0 Å². The van der Waals surface area contributed by atoms with Crippen molar-refractivity contribution in [2.75, 3.05) is 40.4 Å². The Labute approximate surface area is 231 Å². The van der Waals surface area contributed by atoms with Gasteiger partial charge in [0.05, 0.1) is 27.2 Å². The Hall–Kier alpha value is -3.37. The SMILES string of the molecule is COc1ccc(CCNC(=O)CC2C(=O)N(CCc3cccs3)CC(=O)N2CCc2cccs2)cc1OC. The molecule has 0 aliphatic carbocycles. The molecule has 10 heteroatoms. The van der Waals surface area contributed by atoms with Crippen LogP contribution in [0.5, 0.6) is 11.5 Å². The second kappa shape index (κ2) is 13.4. The van der Waals surface area contributed by atoms with E-state index in [0.29, 0.717) is 50.4 Å². The van der Waals surface area contributed by atoms with Gasteiger partial charge in [0.25, 0.3) is 0 Å². The average molecular weight is 556 g/mol. The van der Waals surface area contributed by atoms with Crippen molar-refractivity contribution in [3.63, 3.8) is 0 Å². The Morgan fingerprint density at radius 2 is 1.63 bits per heavy atom. The molecule has 3 aromatic rings. The molecule has 0 spiro atoms. The number of carbonyl (C=O) groups excluding carboxylic acids is 3. The van der Waals surface area contributed by atoms with Crippen molar-refractivity contribution in [1.29, 1.82) is 0 Å². The van der Waals surface area contributed by atoms with Gasteiger partial charge in [-0.05, 0) is 59.9 Å². The van der Waals surface area contributed by atoms with Crippen LogP contribution in [0.2, 0.25) is 0 Å². The first kappa shape index (κ1) is 27.7. The van der Waals surface area contributed by atoms with Gasteiger partial charge >= 0.3 is 0 Å². The number of thiophene rings is 2. The Balaban J connectivity index is 1.38. The number of methoxy groups -OCH3 is 2. The maximum absolute atomic E-state index is 13.5. The fourth-order valence-corrected chi connectivity index (χ4v) is 5.93. The van der Waals surface area contributed by atoms with Crippen LogP contribution in [0.1, 0.15) is 21.7 Å². The van der Waals surface area contributed by atoms with E-state index in [9.17, 15) is 14.4 Å². The minimum Gasteiger partial charge on any atom is -0.493 e. The fraction of sp³-hybridized carbons (Fsp3) is 0.393. The normalized spacial score (nSPS) is 15.6. The number of piperazine rings is 1. The highest BCUT2D eigenvalue weighted by molar-refractivity contribution is 7.10. The molecule has 1 aliphatic heterocycles. The molecule has 2 aromatic heterocycles. The monoisotopic (exact) mass is 555 g/mol. The van der Waals surface area contributed by atoms with Gasteiger partial charge in [-0.1, -0.05) is 18.2 Å². The van der Waals surface area contributed by atoms with Crippen molar-refractivity contribution in [2.45, 2.75) is 31.7 Å². The first-order valence-corrected chi connectivity index (χ1v) is 14.3. The Kier molecular flexibility index (Phi) is 9.78. The van der Waals surface area contributed by atoms with Crippen molar-refractivity contribution in [2.24, 2.45) is 0 Å². The van der Waals surface area contributed by atoms with Gasteiger partial charge in [-0.15, -0.1) is 22.7 Å². The lowest BCUT2D eigenvalue weighted by Gasteiger charge is -2.40. The second-order valence-corrected chi connectivity index (χ2v) is 11.1. The van der Waals surface area contributed by atoms with E-state index < -0.39 is 6.04 Å². The molecule has 1 fully saturated rings. The second-order valence-electron chi connectivity index (χ2n) is 9.01. The van der Waals surface area contributed by atoms with Crippen molar-refractivity contribution >= 4 is 40.4 Å². The predicted molar refractivity (Wildman–Crippen MR) is 149 cm³/mol. The van der Waals surface area contributed by atoms with E-state index in [1.807, 2.05) is 53.2 Å². The van der Waals surface area contributed by atoms with Crippen LogP contribution in [0.3, 0.4) is 0 Å². The summed E-state index contributed by atoms with van der Waals surface area (Å²) in [6, 6.07) is 12.8. The van der Waals surface area contributed by atoms with Gasteiger partial charge < -0.3 is 24.6 Å². The zero-order valence-corrected chi connectivity index (χ0v) is 23.3. The molecule has 1 N–H and O–H groups in total. The lowest BCUT2D eigenvalue weighted by molar-refractivity contribution is -0.157. The third kappa shape index (κ3) is 7.14. The summed E-state index contributed by atoms with van der Waals surface area (Å²) in [7, 11) is 3.17. The summed E-state index contributed by atoms with van der Waals surface area (Å²) in [5.74, 6) is 0.745.